The fourth-order valence-corrected chi connectivity index (χ4v) is 2.28. The maximum Gasteiger partial charge on any atom is 0.0675 e. The van der Waals surface area contributed by atoms with Gasteiger partial charge in [-0.1, -0.05) is 6.92 Å². The van der Waals surface area contributed by atoms with Crippen LogP contribution in [0.3, 0.4) is 0 Å². The molecule has 0 aliphatic carbocycles. The van der Waals surface area contributed by atoms with Crippen LogP contribution in [0.1, 0.15) is 30.3 Å². The molecule has 2 rings (SSSR count). The SMILES string of the molecule is CCCn1nc(C)c(-c2cncc(CN)c2)c1C. The van der Waals surface area contributed by atoms with Gasteiger partial charge in [0.05, 0.1) is 5.69 Å². The van der Waals surface area contributed by atoms with E-state index in [0.717, 1.165) is 29.8 Å². The highest BCUT2D eigenvalue weighted by molar-refractivity contribution is 5.68. The van der Waals surface area contributed by atoms with Crippen molar-refractivity contribution in [3.63, 3.8) is 0 Å². The van der Waals surface area contributed by atoms with E-state index < -0.39 is 0 Å². The van der Waals surface area contributed by atoms with Crippen molar-refractivity contribution in [2.24, 2.45) is 5.73 Å². The second-order valence-electron chi connectivity index (χ2n) is 4.55. The monoisotopic (exact) mass is 244 g/mol. The number of nitrogens with two attached hydrogens (primary N) is 1. The zero-order valence-corrected chi connectivity index (χ0v) is 11.3. The number of hydrogen-bond acceptors (Lipinski definition) is 3. The summed E-state index contributed by atoms with van der Waals surface area (Å²) in [6.45, 7) is 7.79. The van der Waals surface area contributed by atoms with Gasteiger partial charge in [0, 0.05) is 42.3 Å². The molecule has 0 radical (unpaired) electrons. The zero-order chi connectivity index (χ0) is 13.1. The van der Waals surface area contributed by atoms with E-state index in [1.807, 2.05) is 19.3 Å². The Bertz CT molecular complexity index is 543. The summed E-state index contributed by atoms with van der Waals surface area (Å²) >= 11 is 0. The van der Waals surface area contributed by atoms with E-state index >= 15 is 0 Å². The van der Waals surface area contributed by atoms with Gasteiger partial charge in [-0.3, -0.25) is 9.67 Å². The maximum atomic E-state index is 5.66. The average molecular weight is 244 g/mol. The topological polar surface area (TPSA) is 56.7 Å². The van der Waals surface area contributed by atoms with Crippen LogP contribution in [0.5, 0.6) is 0 Å². The third-order valence-corrected chi connectivity index (χ3v) is 3.14. The molecule has 2 aromatic rings. The van der Waals surface area contributed by atoms with Gasteiger partial charge >= 0.3 is 0 Å². The van der Waals surface area contributed by atoms with Gasteiger partial charge in [0.15, 0.2) is 0 Å². The van der Waals surface area contributed by atoms with Crippen molar-refractivity contribution in [2.75, 3.05) is 0 Å². The van der Waals surface area contributed by atoms with Crippen LogP contribution in [0.15, 0.2) is 18.5 Å². The van der Waals surface area contributed by atoms with Gasteiger partial charge in [0.25, 0.3) is 0 Å². The Kier molecular flexibility index (Phi) is 3.77. The number of aryl methyl sites for hydroxylation is 2. The Morgan fingerprint density at radius 2 is 2.06 bits per heavy atom. The summed E-state index contributed by atoms with van der Waals surface area (Å²) < 4.78 is 2.07. The number of nitrogens with zero attached hydrogens (tertiary/aromatic N) is 3. The van der Waals surface area contributed by atoms with E-state index in [1.54, 1.807) is 0 Å². The average Bonchev–Trinajstić information content (AvgIpc) is 2.65. The highest BCUT2D eigenvalue weighted by atomic mass is 15.3. The molecular formula is C14H20N4. The number of pyridine rings is 1. The van der Waals surface area contributed by atoms with Crippen LogP contribution >= 0.6 is 0 Å². The van der Waals surface area contributed by atoms with Crippen LogP contribution in [0.2, 0.25) is 0 Å². The summed E-state index contributed by atoms with van der Waals surface area (Å²) in [7, 11) is 0. The van der Waals surface area contributed by atoms with Gasteiger partial charge in [-0.15, -0.1) is 0 Å². The molecular weight excluding hydrogens is 224 g/mol. The second kappa shape index (κ2) is 5.31. The highest BCUT2D eigenvalue weighted by Gasteiger charge is 2.13. The molecule has 0 fully saturated rings. The summed E-state index contributed by atoms with van der Waals surface area (Å²) in [4.78, 5) is 4.25. The van der Waals surface area contributed by atoms with E-state index in [0.29, 0.717) is 6.54 Å². The molecule has 0 aliphatic heterocycles. The third kappa shape index (κ3) is 2.29. The lowest BCUT2D eigenvalue weighted by Gasteiger charge is -2.05. The van der Waals surface area contributed by atoms with Crippen LogP contribution in [0, 0.1) is 13.8 Å². The smallest absolute Gasteiger partial charge is 0.0675 e. The number of hydrogen-bond donors (Lipinski definition) is 1. The molecule has 0 atom stereocenters. The fourth-order valence-electron chi connectivity index (χ4n) is 2.28. The molecule has 4 nitrogen and oxygen atoms in total. The van der Waals surface area contributed by atoms with E-state index in [4.69, 9.17) is 5.73 Å². The van der Waals surface area contributed by atoms with Gasteiger partial charge in [-0.05, 0) is 31.9 Å². The van der Waals surface area contributed by atoms with Crippen molar-refractivity contribution in [3.8, 4) is 11.1 Å². The Hall–Kier alpha value is -1.68. The summed E-state index contributed by atoms with van der Waals surface area (Å²) in [6.07, 6.45) is 4.78. The summed E-state index contributed by atoms with van der Waals surface area (Å²) in [6, 6.07) is 2.10. The Balaban J connectivity index is 2.49. The quantitative estimate of drug-likeness (QED) is 0.898. The van der Waals surface area contributed by atoms with Crippen LogP contribution in [-0.4, -0.2) is 14.8 Å². The predicted octanol–water partition coefficient (Wildman–Crippen LogP) is 2.43. The molecule has 4 heteroatoms. The molecule has 0 amide bonds. The van der Waals surface area contributed by atoms with Crippen molar-refractivity contribution in [2.45, 2.75) is 40.3 Å². The first-order valence-electron chi connectivity index (χ1n) is 6.35. The minimum absolute atomic E-state index is 0.516. The second-order valence-corrected chi connectivity index (χ2v) is 4.55. The minimum Gasteiger partial charge on any atom is -0.326 e. The molecule has 0 bridgehead atoms. The number of aromatic nitrogens is 3. The van der Waals surface area contributed by atoms with Crippen LogP contribution in [0.4, 0.5) is 0 Å². The first-order valence-corrected chi connectivity index (χ1v) is 6.35. The lowest BCUT2D eigenvalue weighted by molar-refractivity contribution is 0.583. The van der Waals surface area contributed by atoms with Crippen molar-refractivity contribution in [1.82, 2.24) is 14.8 Å². The molecule has 0 aliphatic rings. The zero-order valence-electron chi connectivity index (χ0n) is 11.3. The summed E-state index contributed by atoms with van der Waals surface area (Å²) in [5.41, 5.74) is 11.3. The molecule has 0 spiro atoms. The van der Waals surface area contributed by atoms with Crippen molar-refractivity contribution in [3.05, 3.63) is 35.4 Å². The van der Waals surface area contributed by atoms with E-state index in [2.05, 4.69) is 34.7 Å². The highest BCUT2D eigenvalue weighted by Crippen LogP contribution is 2.27. The lowest BCUT2D eigenvalue weighted by Crippen LogP contribution is -2.01. The van der Waals surface area contributed by atoms with Gasteiger partial charge in [0.1, 0.15) is 0 Å². The van der Waals surface area contributed by atoms with Crippen molar-refractivity contribution in [1.29, 1.82) is 0 Å². The Labute approximate surface area is 108 Å². The number of rotatable bonds is 4. The molecule has 96 valence electrons. The van der Waals surface area contributed by atoms with Crippen molar-refractivity contribution < 1.29 is 0 Å². The summed E-state index contributed by atoms with van der Waals surface area (Å²) in [5, 5.41) is 4.59. The molecule has 0 saturated heterocycles. The van der Waals surface area contributed by atoms with Gasteiger partial charge in [-0.25, -0.2) is 0 Å². The van der Waals surface area contributed by atoms with Crippen LogP contribution in [0.25, 0.3) is 11.1 Å². The first-order chi connectivity index (χ1) is 8.67. The lowest BCUT2D eigenvalue weighted by atomic mass is 10.0. The van der Waals surface area contributed by atoms with Crippen LogP contribution in [-0.2, 0) is 13.1 Å². The fraction of sp³-hybridized carbons (Fsp3) is 0.429. The Morgan fingerprint density at radius 1 is 1.28 bits per heavy atom. The van der Waals surface area contributed by atoms with Gasteiger partial charge in [-0.2, -0.15) is 5.10 Å². The molecule has 18 heavy (non-hydrogen) atoms. The van der Waals surface area contributed by atoms with Gasteiger partial charge < -0.3 is 5.73 Å². The molecule has 0 unspecified atom stereocenters. The van der Waals surface area contributed by atoms with Crippen LogP contribution < -0.4 is 5.73 Å². The third-order valence-electron chi connectivity index (χ3n) is 3.14. The largest absolute Gasteiger partial charge is 0.326 e. The van der Waals surface area contributed by atoms with E-state index in [-0.39, 0.29) is 0 Å². The minimum atomic E-state index is 0.516. The Morgan fingerprint density at radius 3 is 2.72 bits per heavy atom. The predicted molar refractivity (Wildman–Crippen MR) is 73.1 cm³/mol. The summed E-state index contributed by atoms with van der Waals surface area (Å²) in [5.74, 6) is 0. The molecule has 0 saturated carbocycles. The normalized spacial score (nSPS) is 10.9. The molecule has 0 aromatic carbocycles. The van der Waals surface area contributed by atoms with E-state index in [1.165, 1.54) is 11.3 Å². The van der Waals surface area contributed by atoms with Gasteiger partial charge in [0.2, 0.25) is 0 Å². The first kappa shape index (κ1) is 12.8. The van der Waals surface area contributed by atoms with Crippen molar-refractivity contribution >= 4 is 0 Å². The molecule has 2 aromatic heterocycles. The standard InChI is InChI=1S/C14H20N4/c1-4-5-18-11(3)14(10(2)17-18)13-6-12(7-15)8-16-9-13/h6,8-9H,4-5,7,15H2,1-3H3. The molecule has 2 heterocycles. The molecule has 2 N–H and O–H groups in total. The maximum absolute atomic E-state index is 5.66. The van der Waals surface area contributed by atoms with E-state index in [9.17, 15) is 0 Å².